The van der Waals surface area contributed by atoms with E-state index in [4.69, 9.17) is 9.84 Å². The Hall–Kier alpha value is -1.99. The Morgan fingerprint density at radius 3 is 2.76 bits per heavy atom. The molecule has 2 bridgehead atoms. The summed E-state index contributed by atoms with van der Waals surface area (Å²) in [5.74, 6) is 0.0922. The zero-order valence-corrected chi connectivity index (χ0v) is 10.9. The van der Waals surface area contributed by atoms with Crippen molar-refractivity contribution in [3.05, 3.63) is 23.9 Å². The fraction of sp³-hybridized carbons (Fsp3) is 0.538. The number of carboxylic acid groups (broad SMARTS) is 1. The lowest BCUT2D eigenvalue weighted by molar-refractivity contribution is -0.141. The molecule has 1 amide bonds. The molecular formula is C13H13F3N2O3. The summed E-state index contributed by atoms with van der Waals surface area (Å²) in [6.45, 7) is 0.468. The van der Waals surface area contributed by atoms with E-state index < -0.39 is 24.1 Å². The van der Waals surface area contributed by atoms with Gasteiger partial charge >= 0.3 is 12.3 Å². The molecule has 1 saturated carbocycles. The van der Waals surface area contributed by atoms with E-state index in [-0.39, 0.29) is 17.8 Å². The Balaban J connectivity index is 1.74. The van der Waals surface area contributed by atoms with Crippen LogP contribution in [0.25, 0.3) is 0 Å². The fourth-order valence-electron chi connectivity index (χ4n) is 3.11. The maximum atomic E-state index is 12.6. The van der Waals surface area contributed by atoms with Crippen LogP contribution in [0.3, 0.4) is 0 Å². The van der Waals surface area contributed by atoms with E-state index >= 15 is 0 Å². The summed E-state index contributed by atoms with van der Waals surface area (Å²) in [5.41, 5.74) is -1.02. The number of carbonyl (C=O) groups is 1. The average molecular weight is 302 g/mol. The zero-order valence-electron chi connectivity index (χ0n) is 10.9. The number of nitrogens with zero attached hydrogens (tertiary/aromatic N) is 2. The first kappa shape index (κ1) is 14.0. The molecule has 114 valence electrons. The molecule has 3 atom stereocenters. The van der Waals surface area contributed by atoms with Crippen LogP contribution in [0.4, 0.5) is 18.0 Å². The van der Waals surface area contributed by atoms with Gasteiger partial charge in [0.1, 0.15) is 11.8 Å². The van der Waals surface area contributed by atoms with Gasteiger partial charge in [-0.1, -0.05) is 6.07 Å². The van der Waals surface area contributed by atoms with Crippen LogP contribution in [-0.4, -0.2) is 39.8 Å². The van der Waals surface area contributed by atoms with Crippen molar-refractivity contribution in [2.24, 2.45) is 5.92 Å². The number of halogens is 3. The maximum Gasteiger partial charge on any atom is 0.433 e. The van der Waals surface area contributed by atoms with E-state index in [1.54, 1.807) is 0 Å². The maximum absolute atomic E-state index is 12.6. The predicted octanol–water partition coefficient (Wildman–Crippen LogP) is 2.62. The van der Waals surface area contributed by atoms with E-state index in [1.165, 1.54) is 17.0 Å². The smallest absolute Gasteiger partial charge is 0.433 e. The Labute approximate surface area is 118 Å². The number of fused-ring (bicyclic) bond motifs is 2. The van der Waals surface area contributed by atoms with Crippen molar-refractivity contribution < 1.29 is 27.8 Å². The van der Waals surface area contributed by atoms with Crippen molar-refractivity contribution in [1.82, 2.24) is 9.88 Å². The lowest BCUT2D eigenvalue weighted by Crippen LogP contribution is -2.46. The number of aromatic nitrogens is 1. The number of hydrogen-bond donors (Lipinski definition) is 1. The highest BCUT2D eigenvalue weighted by atomic mass is 19.4. The molecule has 0 radical (unpaired) electrons. The largest absolute Gasteiger partial charge is 0.472 e. The third-order valence-electron chi connectivity index (χ3n) is 3.96. The molecule has 2 fully saturated rings. The molecule has 1 aromatic rings. The number of piperidine rings is 1. The summed E-state index contributed by atoms with van der Waals surface area (Å²) in [6.07, 6.45) is -4.65. The van der Waals surface area contributed by atoms with Crippen molar-refractivity contribution in [1.29, 1.82) is 0 Å². The second-order valence-corrected chi connectivity index (χ2v) is 5.35. The highest BCUT2D eigenvalue weighted by molar-refractivity contribution is 5.66. The molecule has 1 aromatic heterocycles. The first-order chi connectivity index (χ1) is 9.84. The van der Waals surface area contributed by atoms with E-state index in [0.717, 1.165) is 6.07 Å². The zero-order chi connectivity index (χ0) is 15.2. The molecule has 3 unspecified atom stereocenters. The van der Waals surface area contributed by atoms with Gasteiger partial charge in [-0.25, -0.2) is 9.78 Å². The molecule has 5 nitrogen and oxygen atoms in total. The SMILES string of the molecule is O=C(O)N1CC2CC(Oc3cccc(C(F)(F)F)n3)C1C2. The monoisotopic (exact) mass is 302 g/mol. The number of likely N-dealkylation sites (tertiary alicyclic amines) is 1. The number of amides is 1. The second-order valence-electron chi connectivity index (χ2n) is 5.35. The number of rotatable bonds is 2. The van der Waals surface area contributed by atoms with Gasteiger partial charge in [-0.05, 0) is 24.8 Å². The third kappa shape index (κ3) is 2.62. The predicted molar refractivity (Wildman–Crippen MR) is 64.9 cm³/mol. The summed E-state index contributed by atoms with van der Waals surface area (Å²) in [6, 6.07) is 3.15. The Morgan fingerprint density at radius 2 is 2.14 bits per heavy atom. The summed E-state index contributed by atoms with van der Waals surface area (Å²) >= 11 is 0. The first-order valence-corrected chi connectivity index (χ1v) is 6.55. The van der Waals surface area contributed by atoms with Gasteiger partial charge in [-0.3, -0.25) is 0 Å². The van der Waals surface area contributed by atoms with Crippen LogP contribution in [-0.2, 0) is 6.18 Å². The summed E-state index contributed by atoms with van der Waals surface area (Å²) in [5, 5.41) is 9.08. The summed E-state index contributed by atoms with van der Waals surface area (Å²) in [7, 11) is 0. The molecule has 0 aromatic carbocycles. The van der Waals surface area contributed by atoms with Crippen molar-refractivity contribution in [2.45, 2.75) is 31.2 Å². The minimum absolute atomic E-state index is 0.118. The van der Waals surface area contributed by atoms with Crippen LogP contribution >= 0.6 is 0 Å². The van der Waals surface area contributed by atoms with Gasteiger partial charge in [0, 0.05) is 12.6 Å². The minimum atomic E-state index is -4.53. The number of alkyl halides is 3. The fourth-order valence-corrected chi connectivity index (χ4v) is 3.11. The molecule has 2 aliphatic rings. The standard InChI is InChI=1S/C13H13F3N2O3/c14-13(15,16)10-2-1-3-11(17-10)21-9-5-7-4-8(9)18(6-7)12(19)20/h1-3,7-9H,4-6H2,(H,19,20). The highest BCUT2D eigenvalue weighted by Gasteiger charge is 2.48. The van der Waals surface area contributed by atoms with E-state index in [0.29, 0.717) is 19.4 Å². The molecule has 2 heterocycles. The number of pyridine rings is 1. The Bertz CT molecular complexity index is 564. The Morgan fingerprint density at radius 1 is 1.38 bits per heavy atom. The molecule has 1 saturated heterocycles. The molecule has 1 aliphatic carbocycles. The van der Waals surface area contributed by atoms with Gasteiger partial charge in [0.25, 0.3) is 0 Å². The topological polar surface area (TPSA) is 62.7 Å². The van der Waals surface area contributed by atoms with Gasteiger partial charge in [-0.2, -0.15) is 13.2 Å². The van der Waals surface area contributed by atoms with Crippen LogP contribution < -0.4 is 4.74 Å². The normalized spacial score (nSPS) is 28.0. The van der Waals surface area contributed by atoms with Crippen LogP contribution in [0.2, 0.25) is 0 Å². The van der Waals surface area contributed by atoms with Gasteiger partial charge < -0.3 is 14.7 Å². The highest BCUT2D eigenvalue weighted by Crippen LogP contribution is 2.39. The minimum Gasteiger partial charge on any atom is -0.472 e. The van der Waals surface area contributed by atoms with Crippen LogP contribution in [0.5, 0.6) is 5.88 Å². The molecule has 21 heavy (non-hydrogen) atoms. The van der Waals surface area contributed by atoms with Crippen molar-refractivity contribution >= 4 is 6.09 Å². The molecule has 3 rings (SSSR count). The number of ether oxygens (including phenoxy) is 1. The van der Waals surface area contributed by atoms with Gasteiger partial charge in [0.05, 0.1) is 6.04 Å². The third-order valence-corrected chi connectivity index (χ3v) is 3.96. The second kappa shape index (κ2) is 4.78. The molecule has 1 N–H and O–H groups in total. The number of hydrogen-bond acceptors (Lipinski definition) is 3. The van der Waals surface area contributed by atoms with Gasteiger partial charge in [-0.15, -0.1) is 0 Å². The molecular weight excluding hydrogens is 289 g/mol. The lowest BCUT2D eigenvalue weighted by atomic mass is 10.1. The van der Waals surface area contributed by atoms with Crippen molar-refractivity contribution in [3.8, 4) is 5.88 Å². The van der Waals surface area contributed by atoms with Crippen LogP contribution in [0, 0.1) is 5.92 Å². The van der Waals surface area contributed by atoms with Crippen molar-refractivity contribution in [2.75, 3.05) is 6.54 Å². The average Bonchev–Trinajstić information content (AvgIpc) is 2.97. The molecule has 8 heteroatoms. The van der Waals surface area contributed by atoms with Gasteiger partial charge in [0.2, 0.25) is 5.88 Å². The quantitative estimate of drug-likeness (QED) is 0.912. The summed E-state index contributed by atoms with van der Waals surface area (Å²) < 4.78 is 43.3. The van der Waals surface area contributed by atoms with Crippen molar-refractivity contribution in [3.63, 3.8) is 0 Å². The summed E-state index contributed by atoms with van der Waals surface area (Å²) in [4.78, 5) is 15.8. The van der Waals surface area contributed by atoms with Gasteiger partial charge in [0.15, 0.2) is 0 Å². The molecule has 0 spiro atoms. The lowest BCUT2D eigenvalue weighted by Gasteiger charge is -2.31. The van der Waals surface area contributed by atoms with E-state index in [2.05, 4.69) is 4.98 Å². The Kier molecular flexibility index (Phi) is 3.18. The molecule has 1 aliphatic heterocycles. The van der Waals surface area contributed by atoms with E-state index in [9.17, 15) is 18.0 Å². The van der Waals surface area contributed by atoms with Crippen LogP contribution in [0.15, 0.2) is 18.2 Å². The van der Waals surface area contributed by atoms with E-state index in [1.807, 2.05) is 0 Å². The van der Waals surface area contributed by atoms with Crippen LogP contribution in [0.1, 0.15) is 18.5 Å². The first-order valence-electron chi connectivity index (χ1n) is 6.55.